The Kier molecular flexibility index (Phi) is 10.3. The number of methoxy groups -OCH3 is 1. The van der Waals surface area contributed by atoms with Gasteiger partial charge in [0.1, 0.15) is 18.0 Å². The van der Waals surface area contributed by atoms with Gasteiger partial charge >= 0.3 is 7.82 Å². The van der Waals surface area contributed by atoms with E-state index in [4.69, 9.17) is 35.4 Å². The van der Waals surface area contributed by atoms with Crippen molar-refractivity contribution in [1.29, 1.82) is 0 Å². The third-order valence-electron chi connectivity index (χ3n) is 7.06. The first-order valence-corrected chi connectivity index (χ1v) is 15.8. The molecule has 1 amide bonds. The van der Waals surface area contributed by atoms with Gasteiger partial charge in [-0.25, -0.2) is 19.5 Å². The molecule has 0 unspecified atom stereocenters. The highest BCUT2D eigenvalue weighted by atomic mass is 35.5. The summed E-state index contributed by atoms with van der Waals surface area (Å²) >= 11 is 5.98. The van der Waals surface area contributed by atoms with E-state index in [9.17, 15) is 9.36 Å². The molecule has 13 nitrogen and oxygen atoms in total. The molecule has 0 bridgehead atoms. The van der Waals surface area contributed by atoms with E-state index in [-0.39, 0.29) is 18.6 Å². The zero-order valence-corrected chi connectivity index (χ0v) is 25.5. The number of hydrogen-bond donors (Lipinski definition) is 4. The molecular formula is C29H32ClN6O7P. The highest BCUT2D eigenvalue weighted by Crippen LogP contribution is 2.37. The van der Waals surface area contributed by atoms with Crippen molar-refractivity contribution in [2.24, 2.45) is 0 Å². The molecule has 1 atom stereocenters. The largest absolute Gasteiger partial charge is 0.493 e. The number of amides is 1. The van der Waals surface area contributed by atoms with Crippen molar-refractivity contribution >= 4 is 53.6 Å². The molecule has 232 valence electrons. The first-order chi connectivity index (χ1) is 21.2. The molecule has 1 aliphatic heterocycles. The standard InChI is InChI=1S/C29H32ClN6O7P/c1-41-25-14-23-24(15-26(25)42-12-4-11-36-10-3-7-22(36)17-43-44(38,39)40)32-18-33-28(23)34-21-8-9-27(31-16-21)35-29(37)19-5-2-6-20(30)13-19/h2,5-6,8-9,13-16,18,22H,3-4,7,10-12,17H2,1H3,(H,31,35,37)(H,32,33,34)(H2,38,39,40)/t22-/m0/s1. The summed E-state index contributed by atoms with van der Waals surface area (Å²) in [5, 5.41) is 7.17. The summed E-state index contributed by atoms with van der Waals surface area (Å²) in [4.78, 5) is 45.8. The summed E-state index contributed by atoms with van der Waals surface area (Å²) in [6.07, 6.45) is 5.51. The molecule has 15 heteroatoms. The third-order valence-corrected chi connectivity index (χ3v) is 7.78. The molecule has 0 aliphatic carbocycles. The van der Waals surface area contributed by atoms with Gasteiger partial charge in [0, 0.05) is 34.6 Å². The molecule has 2 aromatic carbocycles. The minimum atomic E-state index is -4.49. The van der Waals surface area contributed by atoms with Crippen molar-refractivity contribution in [3.05, 3.63) is 71.6 Å². The molecule has 0 saturated carbocycles. The minimum Gasteiger partial charge on any atom is -0.493 e. The molecule has 3 heterocycles. The van der Waals surface area contributed by atoms with E-state index in [0.29, 0.717) is 69.9 Å². The second-order valence-corrected chi connectivity index (χ2v) is 11.8. The van der Waals surface area contributed by atoms with Crippen molar-refractivity contribution in [2.45, 2.75) is 25.3 Å². The second-order valence-electron chi connectivity index (χ2n) is 10.1. The van der Waals surface area contributed by atoms with Gasteiger partial charge in [0.25, 0.3) is 5.91 Å². The van der Waals surface area contributed by atoms with Crippen LogP contribution in [0.25, 0.3) is 10.9 Å². The average molecular weight is 643 g/mol. The maximum atomic E-state index is 12.5. The first kappa shape index (κ1) is 31.6. The Labute approximate surface area is 258 Å². The van der Waals surface area contributed by atoms with Crippen molar-refractivity contribution in [2.75, 3.05) is 44.0 Å². The van der Waals surface area contributed by atoms with Crippen LogP contribution in [0.4, 0.5) is 17.3 Å². The van der Waals surface area contributed by atoms with Crippen molar-refractivity contribution in [3.63, 3.8) is 0 Å². The van der Waals surface area contributed by atoms with Crippen LogP contribution in [-0.2, 0) is 9.09 Å². The zero-order valence-electron chi connectivity index (χ0n) is 23.9. The second kappa shape index (κ2) is 14.3. The number of aromatic nitrogens is 3. The maximum absolute atomic E-state index is 12.5. The Morgan fingerprint density at radius 2 is 2.00 bits per heavy atom. The van der Waals surface area contributed by atoms with Crippen LogP contribution >= 0.6 is 19.4 Å². The van der Waals surface area contributed by atoms with Gasteiger partial charge < -0.3 is 29.9 Å². The summed E-state index contributed by atoms with van der Waals surface area (Å²) in [5.74, 6) is 1.65. The van der Waals surface area contributed by atoms with Crippen LogP contribution in [0.1, 0.15) is 29.6 Å². The lowest BCUT2D eigenvalue weighted by molar-refractivity contribution is 0.102. The van der Waals surface area contributed by atoms with E-state index in [1.54, 1.807) is 61.8 Å². The Balaban J connectivity index is 1.20. The van der Waals surface area contributed by atoms with E-state index >= 15 is 0 Å². The highest BCUT2D eigenvalue weighted by Gasteiger charge is 2.27. The number of ether oxygens (including phenoxy) is 2. The quantitative estimate of drug-likeness (QED) is 0.114. The SMILES string of the molecule is COc1cc2c(Nc3ccc(NC(=O)c4cccc(Cl)c4)nc3)ncnc2cc1OCCCN1CCC[C@H]1COP(=O)(O)O. The molecule has 0 spiro atoms. The van der Waals surface area contributed by atoms with E-state index in [1.807, 2.05) is 0 Å². The normalized spacial score (nSPS) is 15.3. The molecule has 1 saturated heterocycles. The number of phosphoric ester groups is 1. The van der Waals surface area contributed by atoms with E-state index < -0.39 is 7.82 Å². The number of phosphoric acid groups is 1. The third kappa shape index (κ3) is 8.41. The molecule has 2 aromatic heterocycles. The van der Waals surface area contributed by atoms with Crippen LogP contribution in [-0.4, -0.2) is 75.0 Å². The van der Waals surface area contributed by atoms with Crippen LogP contribution in [0, 0.1) is 0 Å². The molecule has 1 fully saturated rings. The number of carbonyl (C=O) groups is 1. The van der Waals surface area contributed by atoms with E-state index in [1.165, 1.54) is 6.33 Å². The average Bonchev–Trinajstić information content (AvgIpc) is 3.46. The molecule has 5 rings (SSSR count). The fourth-order valence-corrected chi connectivity index (χ4v) is 5.50. The number of rotatable bonds is 13. The predicted octanol–water partition coefficient (Wildman–Crippen LogP) is 5.03. The number of hydrogen-bond acceptors (Lipinski definition) is 10. The molecule has 4 aromatic rings. The Bertz CT molecular complexity index is 1660. The Morgan fingerprint density at radius 1 is 1.14 bits per heavy atom. The van der Waals surface area contributed by atoms with Crippen molar-refractivity contribution < 1.29 is 33.1 Å². The predicted molar refractivity (Wildman–Crippen MR) is 166 cm³/mol. The Morgan fingerprint density at radius 3 is 2.75 bits per heavy atom. The van der Waals surface area contributed by atoms with Gasteiger partial charge in [-0.15, -0.1) is 0 Å². The topological polar surface area (TPSA) is 168 Å². The van der Waals surface area contributed by atoms with Crippen LogP contribution in [0.5, 0.6) is 11.5 Å². The lowest BCUT2D eigenvalue weighted by atomic mass is 10.2. The summed E-state index contributed by atoms with van der Waals surface area (Å²) in [5.41, 5.74) is 1.72. The smallest absolute Gasteiger partial charge is 0.469 e. The number of fused-ring (bicyclic) bond motifs is 1. The lowest BCUT2D eigenvalue weighted by Crippen LogP contribution is -2.34. The zero-order chi connectivity index (χ0) is 31.1. The van der Waals surface area contributed by atoms with Crippen molar-refractivity contribution in [1.82, 2.24) is 19.9 Å². The van der Waals surface area contributed by atoms with Gasteiger partial charge in [-0.3, -0.25) is 14.2 Å². The highest BCUT2D eigenvalue weighted by molar-refractivity contribution is 7.46. The summed E-state index contributed by atoms with van der Waals surface area (Å²) in [7, 11) is -2.93. The van der Waals surface area contributed by atoms with Crippen LogP contribution < -0.4 is 20.1 Å². The van der Waals surface area contributed by atoms with Gasteiger partial charge in [-0.1, -0.05) is 17.7 Å². The maximum Gasteiger partial charge on any atom is 0.469 e. The first-order valence-electron chi connectivity index (χ1n) is 13.9. The van der Waals surface area contributed by atoms with Crippen molar-refractivity contribution in [3.8, 4) is 11.5 Å². The summed E-state index contributed by atoms with van der Waals surface area (Å²) in [6.45, 7) is 1.96. The molecule has 1 aliphatic rings. The van der Waals surface area contributed by atoms with Gasteiger partial charge in [0.05, 0.1) is 37.7 Å². The lowest BCUT2D eigenvalue weighted by Gasteiger charge is -2.24. The van der Waals surface area contributed by atoms with Gasteiger partial charge in [-0.05, 0) is 62.2 Å². The number of pyridine rings is 1. The van der Waals surface area contributed by atoms with Crippen LogP contribution in [0.15, 0.2) is 61.1 Å². The number of likely N-dealkylation sites (tertiary alicyclic amines) is 1. The van der Waals surface area contributed by atoms with Crippen LogP contribution in [0.2, 0.25) is 5.02 Å². The monoisotopic (exact) mass is 642 g/mol. The van der Waals surface area contributed by atoms with Gasteiger partial charge in [0.2, 0.25) is 0 Å². The fourth-order valence-electron chi connectivity index (χ4n) is 4.94. The number of anilines is 3. The number of nitrogens with zero attached hydrogens (tertiary/aromatic N) is 4. The van der Waals surface area contributed by atoms with E-state index in [2.05, 4.69) is 30.5 Å². The van der Waals surface area contributed by atoms with Gasteiger partial charge in [-0.2, -0.15) is 0 Å². The number of halogens is 1. The number of carbonyl (C=O) groups excluding carboxylic acids is 1. The molecule has 0 radical (unpaired) electrons. The number of benzene rings is 2. The molecule has 4 N–H and O–H groups in total. The Hall–Kier alpha value is -3.84. The van der Waals surface area contributed by atoms with Crippen LogP contribution in [0.3, 0.4) is 0 Å². The van der Waals surface area contributed by atoms with Gasteiger partial charge in [0.15, 0.2) is 11.5 Å². The summed E-state index contributed by atoms with van der Waals surface area (Å²) < 4.78 is 27.4. The van der Waals surface area contributed by atoms with E-state index in [0.717, 1.165) is 19.4 Å². The molecule has 44 heavy (non-hydrogen) atoms. The minimum absolute atomic E-state index is 0.000450. The fraction of sp³-hybridized carbons (Fsp3) is 0.310. The summed E-state index contributed by atoms with van der Waals surface area (Å²) in [6, 6.07) is 13.7. The molecular weight excluding hydrogens is 611 g/mol. The number of nitrogens with one attached hydrogen (secondary N) is 2.